The van der Waals surface area contributed by atoms with Gasteiger partial charge < -0.3 is 9.47 Å². The maximum atomic E-state index is 6.08. The Morgan fingerprint density at radius 2 is 1.11 bits per heavy atom. The maximum Gasteiger partial charge on any atom is 0.188 e. The number of rotatable bonds is 6. The molecule has 174 valence electrons. The Balaban J connectivity index is 1.55. The zero-order valence-electron chi connectivity index (χ0n) is 20.1. The molecule has 0 aliphatic heterocycles. The monoisotopic (exact) mass is 466 g/mol. The van der Waals surface area contributed by atoms with E-state index in [9.17, 15) is 0 Å². The van der Waals surface area contributed by atoms with Gasteiger partial charge in [-0.25, -0.2) is 0 Å². The van der Waals surface area contributed by atoms with Gasteiger partial charge in [0.1, 0.15) is 5.75 Å². The van der Waals surface area contributed by atoms with Crippen LogP contribution in [-0.2, 0) is 4.74 Å². The van der Waals surface area contributed by atoms with Gasteiger partial charge in [0.25, 0.3) is 0 Å². The third-order valence-electron chi connectivity index (χ3n) is 6.68. The summed E-state index contributed by atoms with van der Waals surface area (Å²) < 4.78 is 11.3. The zero-order chi connectivity index (χ0) is 24.3. The largest absolute Gasteiger partial charge is 0.467 e. The van der Waals surface area contributed by atoms with Crippen molar-refractivity contribution < 1.29 is 9.47 Å². The van der Waals surface area contributed by atoms with Crippen molar-refractivity contribution in [3.05, 3.63) is 127 Å². The number of hydrogen-bond acceptors (Lipinski definition) is 2. The average Bonchev–Trinajstić information content (AvgIpc) is 2.96. The summed E-state index contributed by atoms with van der Waals surface area (Å²) in [5.74, 6) is 0.816. The molecular formula is C34H26O2. The topological polar surface area (TPSA) is 18.5 Å². The van der Waals surface area contributed by atoms with Gasteiger partial charge in [0.2, 0.25) is 0 Å². The number of benzene rings is 6. The van der Waals surface area contributed by atoms with Crippen LogP contribution in [0.2, 0.25) is 0 Å². The molecule has 6 aromatic rings. The number of fused-ring (bicyclic) bond motifs is 2. The molecule has 0 spiro atoms. The molecular weight excluding hydrogens is 440 g/mol. The fourth-order valence-electron chi connectivity index (χ4n) is 4.95. The van der Waals surface area contributed by atoms with Gasteiger partial charge >= 0.3 is 0 Å². The van der Waals surface area contributed by atoms with Crippen molar-refractivity contribution >= 4 is 21.5 Å². The highest BCUT2D eigenvalue weighted by atomic mass is 16.7. The predicted molar refractivity (Wildman–Crippen MR) is 150 cm³/mol. The Morgan fingerprint density at radius 3 is 1.75 bits per heavy atom. The first-order chi connectivity index (χ1) is 17.8. The van der Waals surface area contributed by atoms with E-state index in [4.69, 9.17) is 9.47 Å². The summed E-state index contributed by atoms with van der Waals surface area (Å²) in [4.78, 5) is 0. The second-order valence-corrected chi connectivity index (χ2v) is 8.90. The third kappa shape index (κ3) is 4.13. The summed E-state index contributed by atoms with van der Waals surface area (Å²) in [6.07, 6.45) is 0. The van der Waals surface area contributed by atoms with E-state index in [0.29, 0.717) is 0 Å². The SMILES string of the molecule is COCOc1ccc2cc(-c3ccccc3)ccc2c1-c1cccc2cc(-c3ccccc3)ccc12. The molecule has 6 aromatic carbocycles. The normalized spacial score (nSPS) is 11.1. The van der Waals surface area contributed by atoms with Gasteiger partial charge in [-0.2, -0.15) is 0 Å². The van der Waals surface area contributed by atoms with E-state index in [-0.39, 0.29) is 6.79 Å². The third-order valence-corrected chi connectivity index (χ3v) is 6.68. The van der Waals surface area contributed by atoms with Crippen molar-refractivity contribution in [1.29, 1.82) is 0 Å². The van der Waals surface area contributed by atoms with Gasteiger partial charge in [-0.1, -0.05) is 109 Å². The fourth-order valence-corrected chi connectivity index (χ4v) is 4.95. The van der Waals surface area contributed by atoms with Gasteiger partial charge in [-0.3, -0.25) is 0 Å². The van der Waals surface area contributed by atoms with Gasteiger partial charge in [0, 0.05) is 12.7 Å². The number of methoxy groups -OCH3 is 1. The second-order valence-electron chi connectivity index (χ2n) is 8.90. The van der Waals surface area contributed by atoms with Crippen molar-refractivity contribution in [1.82, 2.24) is 0 Å². The Kier molecular flexibility index (Phi) is 5.95. The molecule has 0 aliphatic rings. The minimum Gasteiger partial charge on any atom is -0.467 e. The van der Waals surface area contributed by atoms with Crippen LogP contribution in [0.5, 0.6) is 5.75 Å². The van der Waals surface area contributed by atoms with E-state index in [0.717, 1.165) is 22.3 Å². The summed E-state index contributed by atoms with van der Waals surface area (Å²) in [7, 11) is 1.65. The minimum atomic E-state index is 0.198. The van der Waals surface area contributed by atoms with Gasteiger partial charge in [0.05, 0.1) is 0 Å². The smallest absolute Gasteiger partial charge is 0.188 e. The lowest BCUT2D eigenvalue weighted by Crippen LogP contribution is -2.01. The molecule has 0 saturated heterocycles. The van der Waals surface area contributed by atoms with Crippen LogP contribution in [-0.4, -0.2) is 13.9 Å². The van der Waals surface area contributed by atoms with Gasteiger partial charge in [0.15, 0.2) is 6.79 Å². The molecule has 0 heterocycles. The van der Waals surface area contributed by atoms with E-state index < -0.39 is 0 Å². The molecule has 2 nitrogen and oxygen atoms in total. The summed E-state index contributed by atoms with van der Waals surface area (Å²) in [6, 6.07) is 45.0. The second kappa shape index (κ2) is 9.69. The van der Waals surface area contributed by atoms with Crippen LogP contribution in [0.4, 0.5) is 0 Å². The molecule has 0 aromatic heterocycles. The van der Waals surface area contributed by atoms with Crippen molar-refractivity contribution in [2.75, 3.05) is 13.9 Å². The van der Waals surface area contributed by atoms with Crippen molar-refractivity contribution in [2.45, 2.75) is 0 Å². The molecule has 0 radical (unpaired) electrons. The van der Waals surface area contributed by atoms with E-state index in [1.165, 1.54) is 38.4 Å². The van der Waals surface area contributed by atoms with E-state index >= 15 is 0 Å². The van der Waals surface area contributed by atoms with Crippen LogP contribution in [0.1, 0.15) is 0 Å². The Hall–Kier alpha value is -4.40. The van der Waals surface area contributed by atoms with Crippen LogP contribution >= 0.6 is 0 Å². The molecule has 0 atom stereocenters. The van der Waals surface area contributed by atoms with E-state index in [1.54, 1.807) is 7.11 Å². The zero-order valence-corrected chi connectivity index (χ0v) is 20.1. The number of ether oxygens (including phenoxy) is 2. The van der Waals surface area contributed by atoms with Crippen LogP contribution < -0.4 is 4.74 Å². The molecule has 2 heteroatoms. The summed E-state index contributed by atoms with van der Waals surface area (Å²) >= 11 is 0. The average molecular weight is 467 g/mol. The minimum absolute atomic E-state index is 0.198. The Bertz CT molecular complexity index is 1650. The summed E-state index contributed by atoms with van der Waals surface area (Å²) in [5, 5.41) is 4.72. The first kappa shape index (κ1) is 22.1. The quantitative estimate of drug-likeness (QED) is 0.228. The first-order valence-corrected chi connectivity index (χ1v) is 12.1. The lowest BCUT2D eigenvalue weighted by atomic mass is 9.90. The molecule has 0 bridgehead atoms. The summed E-state index contributed by atoms with van der Waals surface area (Å²) in [5.41, 5.74) is 7.07. The highest BCUT2D eigenvalue weighted by molar-refractivity contribution is 6.09. The molecule has 0 amide bonds. The first-order valence-electron chi connectivity index (χ1n) is 12.1. The summed E-state index contributed by atoms with van der Waals surface area (Å²) in [6.45, 7) is 0.198. The van der Waals surface area contributed by atoms with E-state index in [2.05, 4.69) is 115 Å². The van der Waals surface area contributed by atoms with Crippen LogP contribution in [0.3, 0.4) is 0 Å². The van der Waals surface area contributed by atoms with Crippen molar-refractivity contribution in [2.24, 2.45) is 0 Å². The van der Waals surface area contributed by atoms with Crippen LogP contribution in [0.25, 0.3) is 54.9 Å². The molecule has 0 unspecified atom stereocenters. The Labute approximate surface area is 211 Å². The highest BCUT2D eigenvalue weighted by Crippen LogP contribution is 2.42. The highest BCUT2D eigenvalue weighted by Gasteiger charge is 2.15. The molecule has 6 rings (SSSR count). The maximum absolute atomic E-state index is 6.08. The fraction of sp³-hybridized carbons (Fsp3) is 0.0588. The lowest BCUT2D eigenvalue weighted by molar-refractivity contribution is 0.0516. The molecule has 0 saturated carbocycles. The van der Waals surface area contributed by atoms with Crippen molar-refractivity contribution in [3.8, 4) is 39.1 Å². The molecule has 0 aliphatic carbocycles. The van der Waals surface area contributed by atoms with Gasteiger partial charge in [-0.15, -0.1) is 0 Å². The van der Waals surface area contributed by atoms with Gasteiger partial charge in [-0.05, 0) is 67.6 Å². The number of hydrogen-bond donors (Lipinski definition) is 0. The van der Waals surface area contributed by atoms with E-state index in [1.807, 2.05) is 12.1 Å². The Morgan fingerprint density at radius 1 is 0.500 bits per heavy atom. The lowest BCUT2D eigenvalue weighted by Gasteiger charge is -2.17. The molecule has 36 heavy (non-hydrogen) atoms. The van der Waals surface area contributed by atoms with Crippen molar-refractivity contribution in [3.63, 3.8) is 0 Å². The molecule has 0 N–H and O–H groups in total. The standard InChI is InChI=1S/C34H26O2/c1-35-23-36-33-20-17-29-22-27(25-11-6-3-7-12-25)16-19-31(29)34(33)32-14-8-13-28-21-26(15-18-30(28)32)24-9-4-2-5-10-24/h2-22H,23H2,1H3. The molecule has 0 fully saturated rings. The predicted octanol–water partition coefficient (Wildman–Crippen LogP) is 8.98. The van der Waals surface area contributed by atoms with Crippen LogP contribution in [0, 0.1) is 0 Å². The van der Waals surface area contributed by atoms with Crippen LogP contribution in [0.15, 0.2) is 127 Å².